The van der Waals surface area contributed by atoms with Crippen LogP contribution in [0.25, 0.3) is 10.9 Å². The van der Waals surface area contributed by atoms with Crippen molar-refractivity contribution in [3.63, 3.8) is 0 Å². The van der Waals surface area contributed by atoms with Crippen LogP contribution < -0.4 is 0 Å². The van der Waals surface area contributed by atoms with E-state index < -0.39 is 0 Å². The number of pyridine rings is 1. The number of hydrogen-bond acceptors (Lipinski definition) is 4. The minimum atomic E-state index is -0.0259. The van der Waals surface area contributed by atoms with E-state index in [4.69, 9.17) is 4.52 Å². The molecule has 5 nitrogen and oxygen atoms in total. The first-order valence-electron chi connectivity index (χ1n) is 9.59. The highest BCUT2D eigenvalue weighted by atomic mass is 16.5. The lowest BCUT2D eigenvalue weighted by molar-refractivity contribution is 0.0732. The van der Waals surface area contributed by atoms with Crippen molar-refractivity contribution in [1.29, 1.82) is 0 Å². The molecule has 1 atom stereocenters. The van der Waals surface area contributed by atoms with Crippen molar-refractivity contribution < 1.29 is 9.32 Å². The molecule has 5 heteroatoms. The third-order valence-electron chi connectivity index (χ3n) is 5.29. The highest BCUT2D eigenvalue weighted by Gasteiger charge is 2.33. The number of hydrogen-bond donors (Lipinski definition) is 0. The van der Waals surface area contributed by atoms with E-state index in [1.54, 1.807) is 0 Å². The minimum absolute atomic E-state index is 0.0259. The maximum absolute atomic E-state index is 13.5. The molecule has 0 bridgehead atoms. The summed E-state index contributed by atoms with van der Waals surface area (Å²) in [5, 5.41) is 5.17. The monoisotopic (exact) mass is 363 g/mol. The molecule has 27 heavy (non-hydrogen) atoms. The molecule has 0 radical (unpaired) electrons. The van der Waals surface area contributed by atoms with Gasteiger partial charge in [0.25, 0.3) is 5.91 Å². The second kappa shape index (κ2) is 6.80. The van der Waals surface area contributed by atoms with Gasteiger partial charge in [0, 0.05) is 29.6 Å². The van der Waals surface area contributed by atoms with Crippen molar-refractivity contribution in [3.8, 4) is 0 Å². The fraction of sp³-hybridized carbons (Fsp3) is 0.409. The zero-order chi connectivity index (χ0) is 19.1. The number of amides is 1. The van der Waals surface area contributed by atoms with Gasteiger partial charge in [-0.2, -0.15) is 0 Å². The van der Waals surface area contributed by atoms with Crippen LogP contribution in [0, 0.1) is 13.8 Å². The number of rotatable bonds is 3. The molecular weight excluding hydrogens is 338 g/mol. The van der Waals surface area contributed by atoms with E-state index in [1.165, 1.54) is 0 Å². The first-order valence-corrected chi connectivity index (χ1v) is 9.59. The van der Waals surface area contributed by atoms with E-state index in [9.17, 15) is 4.79 Å². The summed E-state index contributed by atoms with van der Waals surface area (Å²) in [7, 11) is 0. The van der Waals surface area contributed by atoms with E-state index >= 15 is 0 Å². The SMILES string of the molecule is Cc1ccc2nc(C)cc(C(=O)N3CCCC3c3cc(C(C)C)on3)c2c1. The average molecular weight is 363 g/mol. The number of benzene rings is 1. The fourth-order valence-electron chi connectivity index (χ4n) is 3.85. The summed E-state index contributed by atoms with van der Waals surface area (Å²) < 4.78 is 5.48. The zero-order valence-corrected chi connectivity index (χ0v) is 16.3. The highest BCUT2D eigenvalue weighted by molar-refractivity contribution is 6.06. The number of likely N-dealkylation sites (tertiary alicyclic amines) is 1. The van der Waals surface area contributed by atoms with Crippen molar-refractivity contribution in [2.45, 2.75) is 52.5 Å². The molecule has 0 saturated carbocycles. The lowest BCUT2D eigenvalue weighted by atomic mass is 10.0. The third-order valence-corrected chi connectivity index (χ3v) is 5.29. The number of aromatic nitrogens is 2. The van der Waals surface area contributed by atoms with Crippen LogP contribution in [0.15, 0.2) is 34.9 Å². The predicted octanol–water partition coefficient (Wildman–Crippen LogP) is 4.94. The standard InChI is InChI=1S/C22H25N3O2/c1-13(2)21-12-19(24-27-21)20-6-5-9-25(20)22(26)17-11-15(4)23-18-8-7-14(3)10-16(17)18/h7-8,10-13,20H,5-6,9H2,1-4H3. The number of carbonyl (C=O) groups excluding carboxylic acids is 1. The van der Waals surface area contributed by atoms with Gasteiger partial charge in [0.2, 0.25) is 0 Å². The molecule has 1 saturated heterocycles. The highest BCUT2D eigenvalue weighted by Crippen LogP contribution is 2.35. The lowest BCUT2D eigenvalue weighted by Crippen LogP contribution is -2.31. The minimum Gasteiger partial charge on any atom is -0.361 e. The summed E-state index contributed by atoms with van der Waals surface area (Å²) in [6.45, 7) is 8.87. The van der Waals surface area contributed by atoms with Gasteiger partial charge < -0.3 is 9.42 Å². The van der Waals surface area contributed by atoms with Crippen LogP contribution in [0.5, 0.6) is 0 Å². The molecule has 0 spiro atoms. The summed E-state index contributed by atoms with van der Waals surface area (Å²) in [6.07, 6.45) is 1.89. The molecule has 1 fully saturated rings. The molecule has 140 valence electrons. The maximum Gasteiger partial charge on any atom is 0.255 e. The molecule has 3 heterocycles. The second-order valence-electron chi connectivity index (χ2n) is 7.80. The van der Waals surface area contributed by atoms with Crippen LogP contribution in [-0.2, 0) is 0 Å². The van der Waals surface area contributed by atoms with Gasteiger partial charge in [-0.05, 0) is 44.9 Å². The van der Waals surface area contributed by atoms with E-state index in [1.807, 2.05) is 49.1 Å². The van der Waals surface area contributed by atoms with Gasteiger partial charge in [0.05, 0.1) is 17.1 Å². The molecule has 1 aliphatic heterocycles. The molecular formula is C22H25N3O2. The van der Waals surface area contributed by atoms with Crippen LogP contribution >= 0.6 is 0 Å². The lowest BCUT2D eigenvalue weighted by Gasteiger charge is -2.24. The molecule has 1 amide bonds. The fourth-order valence-corrected chi connectivity index (χ4v) is 3.85. The second-order valence-corrected chi connectivity index (χ2v) is 7.80. The Labute approximate surface area is 159 Å². The van der Waals surface area contributed by atoms with Crippen LogP contribution in [-0.4, -0.2) is 27.5 Å². The van der Waals surface area contributed by atoms with Crippen LogP contribution in [0.2, 0.25) is 0 Å². The Hall–Kier alpha value is -2.69. The van der Waals surface area contributed by atoms with E-state index in [2.05, 4.69) is 24.0 Å². The summed E-state index contributed by atoms with van der Waals surface area (Å²) in [6, 6.07) is 9.95. The van der Waals surface area contributed by atoms with Gasteiger partial charge in [-0.25, -0.2) is 0 Å². The van der Waals surface area contributed by atoms with Crippen molar-refractivity contribution in [2.75, 3.05) is 6.54 Å². The average Bonchev–Trinajstić information content (AvgIpc) is 3.29. The van der Waals surface area contributed by atoms with Crippen molar-refractivity contribution in [1.82, 2.24) is 15.0 Å². The Morgan fingerprint density at radius 1 is 1.22 bits per heavy atom. The quantitative estimate of drug-likeness (QED) is 0.661. The first-order chi connectivity index (χ1) is 12.9. The molecule has 0 N–H and O–H groups in total. The summed E-state index contributed by atoms with van der Waals surface area (Å²) in [4.78, 5) is 20.0. The van der Waals surface area contributed by atoms with Crippen LogP contribution in [0.1, 0.15) is 71.7 Å². The molecule has 1 aromatic carbocycles. The predicted molar refractivity (Wildman–Crippen MR) is 105 cm³/mol. The first kappa shape index (κ1) is 17.7. The van der Waals surface area contributed by atoms with Gasteiger partial charge in [0.1, 0.15) is 11.5 Å². The molecule has 3 aromatic rings. The zero-order valence-electron chi connectivity index (χ0n) is 16.3. The summed E-state index contributed by atoms with van der Waals surface area (Å²) >= 11 is 0. The smallest absolute Gasteiger partial charge is 0.255 e. The van der Waals surface area contributed by atoms with Gasteiger partial charge >= 0.3 is 0 Å². The molecule has 2 aromatic heterocycles. The summed E-state index contributed by atoms with van der Waals surface area (Å²) in [5.41, 5.74) is 4.42. The Morgan fingerprint density at radius 3 is 2.78 bits per heavy atom. The van der Waals surface area contributed by atoms with Crippen molar-refractivity contribution >= 4 is 16.8 Å². The Morgan fingerprint density at radius 2 is 2.04 bits per heavy atom. The maximum atomic E-state index is 13.5. The van der Waals surface area contributed by atoms with Crippen molar-refractivity contribution in [3.05, 3.63) is 58.6 Å². The van der Waals surface area contributed by atoms with E-state index in [0.717, 1.165) is 58.6 Å². The van der Waals surface area contributed by atoms with E-state index in [-0.39, 0.29) is 17.9 Å². The van der Waals surface area contributed by atoms with Gasteiger partial charge in [-0.1, -0.05) is 30.6 Å². The van der Waals surface area contributed by atoms with Crippen LogP contribution in [0.4, 0.5) is 0 Å². The summed E-state index contributed by atoms with van der Waals surface area (Å²) in [5.74, 6) is 1.20. The van der Waals surface area contributed by atoms with Gasteiger partial charge in [-0.3, -0.25) is 9.78 Å². The number of fused-ring (bicyclic) bond motifs is 1. The van der Waals surface area contributed by atoms with Gasteiger partial charge in [0.15, 0.2) is 0 Å². The Balaban J connectivity index is 1.73. The molecule has 1 aliphatic rings. The van der Waals surface area contributed by atoms with Crippen LogP contribution in [0.3, 0.4) is 0 Å². The molecule has 1 unspecified atom stereocenters. The Bertz CT molecular complexity index is 1010. The number of aryl methyl sites for hydroxylation is 2. The van der Waals surface area contributed by atoms with Crippen molar-refractivity contribution in [2.24, 2.45) is 0 Å². The largest absolute Gasteiger partial charge is 0.361 e. The number of nitrogens with zero attached hydrogens (tertiary/aromatic N) is 3. The topological polar surface area (TPSA) is 59.2 Å². The third kappa shape index (κ3) is 3.22. The number of carbonyl (C=O) groups is 1. The van der Waals surface area contributed by atoms with Gasteiger partial charge in [-0.15, -0.1) is 0 Å². The molecule has 4 rings (SSSR count). The molecule has 0 aliphatic carbocycles. The normalized spacial score (nSPS) is 17.2. The van der Waals surface area contributed by atoms with E-state index in [0.29, 0.717) is 0 Å². The Kier molecular flexibility index (Phi) is 4.46.